The van der Waals surface area contributed by atoms with E-state index in [1.54, 1.807) is 0 Å². The second-order valence-corrected chi connectivity index (χ2v) is 1.96. The van der Waals surface area contributed by atoms with Crippen molar-refractivity contribution in [3.63, 3.8) is 0 Å². The van der Waals surface area contributed by atoms with Gasteiger partial charge in [0, 0.05) is 18.1 Å². The van der Waals surface area contributed by atoms with Crippen LogP contribution < -0.4 is 0 Å². The van der Waals surface area contributed by atoms with E-state index in [0.29, 0.717) is 13.2 Å². The molecule has 0 saturated carbocycles. The van der Waals surface area contributed by atoms with Crippen LogP contribution in [0.3, 0.4) is 0 Å². The predicted octanol–water partition coefficient (Wildman–Crippen LogP) is 3.09. The molecule has 0 aromatic rings. The van der Waals surface area contributed by atoms with Crippen LogP contribution in [-0.2, 0) is 4.74 Å². The maximum Gasteiger partial charge on any atom is 0.113 e. The van der Waals surface area contributed by atoms with E-state index >= 15 is 0 Å². The van der Waals surface area contributed by atoms with Crippen LogP contribution in [0.4, 0.5) is 4.39 Å². The van der Waals surface area contributed by atoms with Crippen molar-refractivity contribution in [2.75, 3.05) is 26.4 Å². The molecule has 0 atom stereocenters. The third-order valence-corrected chi connectivity index (χ3v) is 1.08. The second kappa shape index (κ2) is 17.3. The molecule has 4 nitrogen and oxygen atoms in total. The highest BCUT2D eigenvalue weighted by Crippen LogP contribution is 1.90. The predicted molar refractivity (Wildman–Crippen MR) is 51.4 cm³/mol. The lowest BCUT2D eigenvalue weighted by molar-refractivity contribution is 0.116. The van der Waals surface area contributed by atoms with Gasteiger partial charge in [-0.05, 0) is 18.4 Å². The van der Waals surface area contributed by atoms with Crippen LogP contribution in [0.25, 0.3) is 10.4 Å². The number of rotatable bonds is 7. The molecule has 0 aliphatic heterocycles. The van der Waals surface area contributed by atoms with Gasteiger partial charge in [-0.2, -0.15) is 0 Å². The van der Waals surface area contributed by atoms with Gasteiger partial charge >= 0.3 is 0 Å². The number of halogens is 1. The Bertz CT molecular complexity index is 127. The number of unbranched alkanes of at least 4 members (excludes halogenated alkanes) is 1. The fourth-order valence-corrected chi connectivity index (χ4v) is 0.588. The van der Waals surface area contributed by atoms with E-state index in [2.05, 4.69) is 10.0 Å². The molecule has 0 fully saturated rings. The summed E-state index contributed by atoms with van der Waals surface area (Å²) < 4.78 is 16.3. The van der Waals surface area contributed by atoms with Crippen molar-refractivity contribution in [2.24, 2.45) is 5.11 Å². The van der Waals surface area contributed by atoms with Crippen LogP contribution in [0.5, 0.6) is 0 Å². The zero-order chi connectivity index (χ0) is 10.4. The number of alkyl halides is 1. The molecule has 0 rings (SSSR count). The summed E-state index contributed by atoms with van der Waals surface area (Å²) >= 11 is 0. The molecule has 0 aromatic heterocycles. The number of hydrogen-bond donors (Lipinski definition) is 0. The zero-order valence-electron chi connectivity index (χ0n) is 8.37. The summed E-state index contributed by atoms with van der Waals surface area (Å²) in [5.41, 5.74) is 7.88. The maximum absolute atomic E-state index is 11.4. The summed E-state index contributed by atoms with van der Waals surface area (Å²) in [7, 11) is 0. The summed E-state index contributed by atoms with van der Waals surface area (Å²) in [6.07, 6.45) is 1.62. The van der Waals surface area contributed by atoms with E-state index in [-0.39, 0.29) is 6.61 Å². The average Bonchev–Trinajstić information content (AvgIpc) is 2.20. The fourth-order valence-electron chi connectivity index (χ4n) is 0.588. The molecule has 0 heterocycles. The first kappa shape index (κ1) is 14.7. The van der Waals surface area contributed by atoms with Gasteiger partial charge < -0.3 is 4.74 Å². The Kier molecular flexibility index (Phi) is 19.6. The average molecular weight is 190 g/mol. The highest BCUT2D eigenvalue weighted by molar-refractivity contribution is 4.46. The summed E-state index contributed by atoms with van der Waals surface area (Å²) in [6.45, 7) is 4.78. The first-order chi connectivity index (χ1) is 6.41. The lowest BCUT2D eigenvalue weighted by Gasteiger charge is -1.98. The standard InChI is InChI=1S/C6H12FN3O.C2H6/c7-3-6-11-5-2-1-4-9-10-8;1-2/h1-6H2;1-2H3/i7-1;. The van der Waals surface area contributed by atoms with Gasteiger partial charge in [0.15, 0.2) is 0 Å². The van der Waals surface area contributed by atoms with E-state index < -0.39 is 6.67 Å². The van der Waals surface area contributed by atoms with Crippen molar-refractivity contribution in [3.8, 4) is 0 Å². The van der Waals surface area contributed by atoms with Crippen LogP contribution in [0.2, 0.25) is 0 Å². The second-order valence-electron chi connectivity index (χ2n) is 1.96. The number of ether oxygens (including phenoxy) is 1. The Hall–Kier alpha value is -0.800. The van der Waals surface area contributed by atoms with Gasteiger partial charge in [0.05, 0.1) is 6.61 Å². The van der Waals surface area contributed by atoms with Gasteiger partial charge in [0.2, 0.25) is 0 Å². The van der Waals surface area contributed by atoms with E-state index in [9.17, 15) is 4.39 Å². The van der Waals surface area contributed by atoms with Gasteiger partial charge in [-0.15, -0.1) is 0 Å². The topological polar surface area (TPSA) is 58.0 Å². The normalized spacial score (nSPS) is 8.23. The molecule has 0 aliphatic rings. The van der Waals surface area contributed by atoms with Crippen LogP contribution in [0.15, 0.2) is 5.11 Å². The highest BCUT2D eigenvalue weighted by Gasteiger charge is 1.87. The van der Waals surface area contributed by atoms with Crippen LogP contribution in [0, 0.1) is 0 Å². The van der Waals surface area contributed by atoms with E-state index in [1.807, 2.05) is 13.8 Å². The van der Waals surface area contributed by atoms with Crippen LogP contribution in [-0.4, -0.2) is 26.4 Å². The summed E-state index contributed by atoms with van der Waals surface area (Å²) in [5, 5.41) is 3.34. The fraction of sp³-hybridized carbons (Fsp3) is 1.00. The van der Waals surface area contributed by atoms with Gasteiger partial charge in [-0.25, -0.2) is 4.39 Å². The lowest BCUT2D eigenvalue weighted by atomic mass is 10.3. The molecule has 0 N–H and O–H groups in total. The molecular weight excluding hydrogens is 172 g/mol. The first-order valence-corrected chi connectivity index (χ1v) is 4.56. The molecule has 0 spiro atoms. The minimum atomic E-state index is -0.434. The molecule has 0 bridgehead atoms. The third-order valence-electron chi connectivity index (χ3n) is 1.08. The van der Waals surface area contributed by atoms with Gasteiger partial charge in [-0.3, -0.25) is 0 Å². The van der Waals surface area contributed by atoms with Crippen molar-refractivity contribution in [1.82, 2.24) is 0 Å². The van der Waals surface area contributed by atoms with E-state index in [1.165, 1.54) is 0 Å². The quantitative estimate of drug-likeness (QED) is 0.263. The monoisotopic (exact) mass is 190 g/mol. The third kappa shape index (κ3) is 18.3. The lowest BCUT2D eigenvalue weighted by Crippen LogP contribution is -1.98. The SMILES string of the molecule is CC.[N-]=[N+]=NCCCCOCC[18F]. The summed E-state index contributed by atoms with van der Waals surface area (Å²) in [6, 6.07) is 0. The molecule has 0 unspecified atom stereocenters. The number of azide groups is 1. The molecular formula is C8H18FN3O. The Morgan fingerprint density at radius 2 is 2.00 bits per heavy atom. The van der Waals surface area contributed by atoms with Crippen molar-refractivity contribution < 1.29 is 9.13 Å². The Morgan fingerprint density at radius 3 is 2.54 bits per heavy atom. The Labute approximate surface area is 78.7 Å². The highest BCUT2D eigenvalue weighted by atomic mass is 18.2. The van der Waals surface area contributed by atoms with Gasteiger partial charge in [0.1, 0.15) is 6.67 Å². The molecule has 5 heteroatoms. The minimum absolute atomic E-state index is 0.168. The summed E-state index contributed by atoms with van der Waals surface area (Å²) in [5.74, 6) is 0. The van der Waals surface area contributed by atoms with Crippen molar-refractivity contribution in [1.29, 1.82) is 0 Å². The van der Waals surface area contributed by atoms with Crippen LogP contribution in [0.1, 0.15) is 26.7 Å². The molecule has 13 heavy (non-hydrogen) atoms. The van der Waals surface area contributed by atoms with E-state index in [4.69, 9.17) is 10.3 Å². The smallest absolute Gasteiger partial charge is 0.113 e. The maximum atomic E-state index is 11.4. The molecule has 78 valence electrons. The molecule has 0 radical (unpaired) electrons. The van der Waals surface area contributed by atoms with Gasteiger partial charge in [-0.1, -0.05) is 19.0 Å². The molecule has 0 amide bonds. The minimum Gasteiger partial charge on any atom is -0.379 e. The Morgan fingerprint density at radius 1 is 1.31 bits per heavy atom. The number of hydrogen-bond acceptors (Lipinski definition) is 2. The zero-order valence-corrected chi connectivity index (χ0v) is 8.37. The molecule has 0 saturated heterocycles. The van der Waals surface area contributed by atoms with Crippen molar-refractivity contribution >= 4 is 0 Å². The summed E-state index contributed by atoms with van der Waals surface area (Å²) in [4.78, 5) is 2.59. The Balaban J connectivity index is 0. The van der Waals surface area contributed by atoms with Crippen molar-refractivity contribution in [2.45, 2.75) is 26.7 Å². The van der Waals surface area contributed by atoms with E-state index in [0.717, 1.165) is 12.8 Å². The first-order valence-electron chi connectivity index (χ1n) is 4.56. The molecule has 0 aliphatic carbocycles. The van der Waals surface area contributed by atoms with Gasteiger partial charge in [0.25, 0.3) is 0 Å². The van der Waals surface area contributed by atoms with Crippen LogP contribution >= 0.6 is 0 Å². The number of nitrogens with zero attached hydrogens (tertiary/aromatic N) is 3. The molecule has 0 aromatic carbocycles. The largest absolute Gasteiger partial charge is 0.379 e. The van der Waals surface area contributed by atoms with Crippen molar-refractivity contribution in [3.05, 3.63) is 10.4 Å².